The normalized spacial score (nSPS) is 12.7. The summed E-state index contributed by atoms with van der Waals surface area (Å²) in [5, 5.41) is 22.6. The van der Waals surface area contributed by atoms with E-state index >= 15 is 0 Å². The van der Waals surface area contributed by atoms with Crippen LogP contribution in [-0.2, 0) is 23.9 Å². The molecule has 0 spiro atoms. The molecule has 0 heterocycles. The fourth-order valence-electron chi connectivity index (χ4n) is 7.66. The molecular formula is C53H96N2O7. The van der Waals surface area contributed by atoms with Gasteiger partial charge in [-0.15, -0.1) is 0 Å². The number of carboxylic acids is 1. The molecule has 0 aromatic heterocycles. The summed E-state index contributed by atoms with van der Waals surface area (Å²) in [7, 11) is 0. The Morgan fingerprint density at radius 3 is 1.31 bits per heavy atom. The number of aliphatic carboxylic acids is 1. The number of carboxylic acid groups (broad SMARTS) is 1. The Hall–Kier alpha value is -2.94. The zero-order valence-electron chi connectivity index (χ0n) is 40.1. The second-order valence-electron chi connectivity index (χ2n) is 17.6. The summed E-state index contributed by atoms with van der Waals surface area (Å²) in [6.45, 7) is 3.49. The zero-order valence-corrected chi connectivity index (χ0v) is 40.1. The lowest BCUT2D eigenvalue weighted by molar-refractivity contribution is -0.150. The van der Waals surface area contributed by atoms with E-state index in [0.717, 1.165) is 77.0 Å². The molecule has 0 aromatic carbocycles. The summed E-state index contributed by atoms with van der Waals surface area (Å²) in [5.74, 6) is -2.29. The van der Waals surface area contributed by atoms with Gasteiger partial charge >= 0.3 is 11.9 Å². The van der Waals surface area contributed by atoms with Gasteiger partial charge in [-0.3, -0.25) is 14.4 Å². The highest BCUT2D eigenvalue weighted by Gasteiger charge is 2.19. The molecule has 9 heteroatoms. The topological polar surface area (TPSA) is 142 Å². The van der Waals surface area contributed by atoms with Crippen LogP contribution in [0.3, 0.4) is 0 Å². The zero-order chi connectivity index (χ0) is 45.4. The summed E-state index contributed by atoms with van der Waals surface area (Å²) in [4.78, 5) is 47.8. The van der Waals surface area contributed by atoms with Gasteiger partial charge in [-0.25, -0.2) is 4.79 Å². The van der Waals surface area contributed by atoms with Crippen LogP contribution in [0.1, 0.15) is 251 Å². The van der Waals surface area contributed by atoms with Gasteiger partial charge in [0.05, 0.1) is 13.2 Å². The first-order valence-corrected chi connectivity index (χ1v) is 25.9. The number of allylic oxidation sites excluding steroid dienone is 6. The summed E-state index contributed by atoms with van der Waals surface area (Å²) < 4.78 is 6.06. The standard InChI is InChI=1S/C53H96N2O7/c1-3-5-7-9-11-13-15-17-18-19-20-21-22-23-24-26-28-30-32-37-41-45-52(59)62-48(42-38-34-31-29-27-25-16-14-12-10-8-6-4-2)43-39-35-33-36-40-44-50(57)54-46-51(58)55-49(47-56)53(60)61/h15,17,19-20,22-23,48-49,56H,3-14,16,18,21,24-47H2,1-2H3,(H,54,57)(H,55,58)(H,60,61)/b17-15-,20-19-,23-22-. The summed E-state index contributed by atoms with van der Waals surface area (Å²) >= 11 is 0. The van der Waals surface area contributed by atoms with Crippen LogP contribution in [0.2, 0.25) is 0 Å². The fraction of sp³-hybridized carbons (Fsp3) is 0.811. The van der Waals surface area contributed by atoms with Gasteiger partial charge in [0.25, 0.3) is 0 Å². The third-order valence-corrected chi connectivity index (χ3v) is 11.6. The van der Waals surface area contributed by atoms with E-state index in [0.29, 0.717) is 19.3 Å². The van der Waals surface area contributed by atoms with Gasteiger partial charge in [-0.05, 0) is 77.0 Å². The number of aliphatic hydroxyl groups excluding tert-OH is 1. The molecule has 2 amide bonds. The number of hydrogen-bond donors (Lipinski definition) is 4. The fourth-order valence-corrected chi connectivity index (χ4v) is 7.66. The number of rotatable bonds is 47. The summed E-state index contributed by atoms with van der Waals surface area (Å²) in [6.07, 6.45) is 56.0. The van der Waals surface area contributed by atoms with Crippen molar-refractivity contribution in [3.8, 4) is 0 Å². The van der Waals surface area contributed by atoms with Crippen LogP contribution >= 0.6 is 0 Å². The quantitative estimate of drug-likeness (QED) is 0.0271. The minimum absolute atomic E-state index is 0.0195. The predicted molar refractivity (Wildman–Crippen MR) is 259 cm³/mol. The maximum atomic E-state index is 12.9. The van der Waals surface area contributed by atoms with Crippen molar-refractivity contribution in [1.29, 1.82) is 0 Å². The summed E-state index contributed by atoms with van der Waals surface area (Å²) in [5.41, 5.74) is 0. The maximum absolute atomic E-state index is 12.9. The molecule has 0 saturated carbocycles. The number of ether oxygens (including phenoxy) is 1. The van der Waals surface area contributed by atoms with Crippen molar-refractivity contribution in [2.45, 2.75) is 264 Å². The smallest absolute Gasteiger partial charge is 0.328 e. The average molecular weight is 873 g/mol. The number of carbonyl (C=O) groups excluding carboxylic acids is 3. The molecule has 2 atom stereocenters. The van der Waals surface area contributed by atoms with Gasteiger partial charge in [-0.2, -0.15) is 0 Å². The molecule has 0 aliphatic carbocycles. The number of esters is 1. The largest absolute Gasteiger partial charge is 0.480 e. The molecule has 62 heavy (non-hydrogen) atoms. The maximum Gasteiger partial charge on any atom is 0.328 e. The molecule has 0 bridgehead atoms. The molecule has 0 saturated heterocycles. The Labute approximate surface area is 380 Å². The number of carbonyl (C=O) groups is 4. The first-order valence-electron chi connectivity index (χ1n) is 25.9. The van der Waals surface area contributed by atoms with E-state index in [9.17, 15) is 19.2 Å². The molecule has 0 radical (unpaired) electrons. The van der Waals surface area contributed by atoms with Gasteiger partial charge in [0.15, 0.2) is 0 Å². The first-order chi connectivity index (χ1) is 30.3. The van der Waals surface area contributed by atoms with E-state index in [2.05, 4.69) is 60.9 Å². The van der Waals surface area contributed by atoms with E-state index in [1.54, 1.807) is 0 Å². The van der Waals surface area contributed by atoms with Crippen molar-refractivity contribution in [1.82, 2.24) is 10.6 Å². The number of aliphatic hydroxyl groups is 1. The van der Waals surface area contributed by atoms with Crippen LogP contribution in [-0.4, -0.2) is 59.3 Å². The molecule has 2 unspecified atom stereocenters. The van der Waals surface area contributed by atoms with Crippen LogP contribution in [0.15, 0.2) is 36.5 Å². The van der Waals surface area contributed by atoms with Gasteiger partial charge in [-0.1, -0.05) is 198 Å². The second kappa shape index (κ2) is 47.5. The van der Waals surface area contributed by atoms with E-state index in [4.69, 9.17) is 14.9 Å². The molecule has 9 nitrogen and oxygen atoms in total. The Morgan fingerprint density at radius 2 is 0.871 bits per heavy atom. The third-order valence-electron chi connectivity index (χ3n) is 11.6. The van der Waals surface area contributed by atoms with Crippen molar-refractivity contribution in [3.05, 3.63) is 36.5 Å². The Kier molecular flexibility index (Phi) is 45.3. The number of nitrogens with one attached hydrogen (secondary N) is 2. The third kappa shape index (κ3) is 43.7. The van der Waals surface area contributed by atoms with Gasteiger partial charge < -0.3 is 25.6 Å². The van der Waals surface area contributed by atoms with Crippen molar-refractivity contribution in [3.63, 3.8) is 0 Å². The van der Waals surface area contributed by atoms with Gasteiger partial charge in [0.1, 0.15) is 12.1 Å². The Bertz CT molecular complexity index is 1140. The highest BCUT2D eigenvalue weighted by molar-refractivity contribution is 5.87. The van der Waals surface area contributed by atoms with Crippen LogP contribution < -0.4 is 10.6 Å². The van der Waals surface area contributed by atoms with Crippen LogP contribution in [0.4, 0.5) is 0 Å². The number of unbranched alkanes of at least 4 members (excludes halogenated alkanes) is 27. The average Bonchev–Trinajstić information content (AvgIpc) is 3.26. The SMILES string of the molecule is CCCCCCC/C=C\C/C=C\C/C=C\CCCCCCCCC(=O)OC(CCCCCCCCCCCCCCC)CCCCCCCC(=O)NCC(=O)NC(CO)C(=O)O. The van der Waals surface area contributed by atoms with Gasteiger partial charge in [0, 0.05) is 12.8 Å². The number of hydrogen-bond acceptors (Lipinski definition) is 6. The molecule has 0 aromatic rings. The van der Waals surface area contributed by atoms with Crippen LogP contribution in [0, 0.1) is 0 Å². The van der Waals surface area contributed by atoms with E-state index in [1.807, 2.05) is 0 Å². The van der Waals surface area contributed by atoms with E-state index in [-0.39, 0.29) is 24.5 Å². The van der Waals surface area contributed by atoms with Crippen LogP contribution in [0.25, 0.3) is 0 Å². The molecule has 0 fully saturated rings. The van der Waals surface area contributed by atoms with E-state index in [1.165, 1.54) is 141 Å². The minimum Gasteiger partial charge on any atom is -0.480 e. The predicted octanol–water partition coefficient (Wildman–Crippen LogP) is 13.7. The Morgan fingerprint density at radius 1 is 0.484 bits per heavy atom. The van der Waals surface area contributed by atoms with Crippen molar-refractivity contribution < 1.29 is 34.1 Å². The molecular weight excluding hydrogens is 777 g/mol. The first kappa shape index (κ1) is 59.1. The Balaban J connectivity index is 4.29. The highest BCUT2D eigenvalue weighted by Crippen LogP contribution is 2.19. The number of amides is 2. The lowest BCUT2D eigenvalue weighted by Crippen LogP contribution is -2.47. The van der Waals surface area contributed by atoms with Gasteiger partial charge in [0.2, 0.25) is 11.8 Å². The molecule has 360 valence electrons. The molecule has 0 rings (SSSR count). The van der Waals surface area contributed by atoms with Crippen molar-refractivity contribution in [2.75, 3.05) is 13.2 Å². The highest BCUT2D eigenvalue weighted by atomic mass is 16.5. The van der Waals surface area contributed by atoms with Crippen molar-refractivity contribution >= 4 is 23.8 Å². The molecule has 0 aliphatic rings. The molecule has 0 aliphatic heterocycles. The minimum atomic E-state index is -1.38. The van der Waals surface area contributed by atoms with Crippen LogP contribution in [0.5, 0.6) is 0 Å². The monoisotopic (exact) mass is 873 g/mol. The molecule has 4 N–H and O–H groups in total. The van der Waals surface area contributed by atoms with E-state index < -0.39 is 24.5 Å². The lowest BCUT2D eigenvalue weighted by atomic mass is 10.0. The summed E-state index contributed by atoms with van der Waals surface area (Å²) in [6, 6.07) is -1.38. The lowest BCUT2D eigenvalue weighted by Gasteiger charge is -2.18. The van der Waals surface area contributed by atoms with Crippen molar-refractivity contribution in [2.24, 2.45) is 0 Å². The second-order valence-corrected chi connectivity index (χ2v) is 17.6.